The fourth-order valence-electron chi connectivity index (χ4n) is 2.83. The van der Waals surface area contributed by atoms with Gasteiger partial charge in [0, 0.05) is 14.2 Å². The van der Waals surface area contributed by atoms with Crippen LogP contribution in [0.5, 0.6) is 0 Å². The third-order valence-corrected chi connectivity index (χ3v) is 3.53. The summed E-state index contributed by atoms with van der Waals surface area (Å²) in [5.41, 5.74) is 0. The van der Waals surface area contributed by atoms with Crippen LogP contribution < -0.4 is 0 Å². The summed E-state index contributed by atoms with van der Waals surface area (Å²) in [5.74, 6) is -1.70. The van der Waals surface area contributed by atoms with Crippen molar-refractivity contribution in [1.29, 1.82) is 0 Å². The quantitative estimate of drug-likeness (QED) is 0.696. The van der Waals surface area contributed by atoms with Crippen LogP contribution in [0.4, 0.5) is 0 Å². The van der Waals surface area contributed by atoms with Crippen LogP contribution in [0.1, 0.15) is 13.8 Å². The molecule has 4 saturated heterocycles. The van der Waals surface area contributed by atoms with Crippen molar-refractivity contribution < 1.29 is 28.4 Å². The van der Waals surface area contributed by atoms with E-state index in [0.717, 1.165) is 0 Å². The van der Waals surface area contributed by atoms with Crippen molar-refractivity contribution in [3.8, 4) is 0 Å². The second-order valence-corrected chi connectivity index (χ2v) is 5.00. The molecule has 0 aromatic heterocycles. The molecule has 98 valence electrons. The fraction of sp³-hybridized carbons (Fsp3) is 1.00. The Morgan fingerprint density at radius 1 is 1.18 bits per heavy atom. The van der Waals surface area contributed by atoms with E-state index in [1.807, 2.05) is 13.8 Å². The molecule has 4 heterocycles. The van der Waals surface area contributed by atoms with E-state index in [1.54, 1.807) is 14.2 Å². The highest BCUT2D eigenvalue weighted by Crippen LogP contribution is 2.48. The summed E-state index contributed by atoms with van der Waals surface area (Å²) in [6.45, 7) is 4.17. The number of rotatable bonds is 2. The van der Waals surface area contributed by atoms with Gasteiger partial charge in [-0.25, -0.2) is 0 Å². The van der Waals surface area contributed by atoms with Crippen molar-refractivity contribution in [3.63, 3.8) is 0 Å². The van der Waals surface area contributed by atoms with Gasteiger partial charge in [0.2, 0.25) is 6.29 Å². The Labute approximate surface area is 100 Å². The van der Waals surface area contributed by atoms with Crippen molar-refractivity contribution in [3.05, 3.63) is 0 Å². The van der Waals surface area contributed by atoms with Gasteiger partial charge in [0.15, 0.2) is 5.79 Å². The fourth-order valence-corrected chi connectivity index (χ4v) is 2.83. The second-order valence-electron chi connectivity index (χ2n) is 5.00. The minimum atomic E-state index is -1.04. The van der Waals surface area contributed by atoms with E-state index in [9.17, 15) is 0 Å². The van der Waals surface area contributed by atoms with Crippen LogP contribution in [0.2, 0.25) is 0 Å². The lowest BCUT2D eigenvalue weighted by molar-refractivity contribution is -0.447. The van der Waals surface area contributed by atoms with Crippen molar-refractivity contribution >= 4 is 0 Å². The molecular weight excluding hydrogens is 228 g/mol. The van der Waals surface area contributed by atoms with Crippen molar-refractivity contribution in [1.82, 2.24) is 0 Å². The van der Waals surface area contributed by atoms with Crippen molar-refractivity contribution in [2.45, 2.75) is 50.0 Å². The highest BCUT2D eigenvalue weighted by Gasteiger charge is 2.68. The number of hydrogen-bond acceptors (Lipinski definition) is 6. The van der Waals surface area contributed by atoms with Gasteiger partial charge in [0.1, 0.15) is 18.3 Å². The summed E-state index contributed by atoms with van der Waals surface area (Å²) < 4.78 is 34.0. The number of fused-ring (bicyclic) bond motifs is 2. The van der Waals surface area contributed by atoms with Gasteiger partial charge >= 0.3 is 0 Å². The number of methoxy groups -OCH3 is 2. The third-order valence-electron chi connectivity index (χ3n) is 3.53. The summed E-state index contributed by atoms with van der Waals surface area (Å²) in [4.78, 5) is 0. The molecule has 4 aliphatic rings. The molecule has 5 atom stereocenters. The van der Waals surface area contributed by atoms with E-state index in [0.29, 0.717) is 6.61 Å². The molecule has 0 aliphatic carbocycles. The first-order chi connectivity index (χ1) is 8.02. The smallest absolute Gasteiger partial charge is 0.250 e. The molecule has 4 aliphatic heterocycles. The van der Waals surface area contributed by atoms with Crippen LogP contribution in [-0.2, 0) is 28.4 Å². The first-order valence-corrected chi connectivity index (χ1v) is 5.75. The van der Waals surface area contributed by atoms with E-state index >= 15 is 0 Å². The van der Waals surface area contributed by atoms with Gasteiger partial charge in [0.05, 0.1) is 6.61 Å². The van der Waals surface area contributed by atoms with Gasteiger partial charge in [-0.2, -0.15) is 0 Å². The molecule has 0 aromatic rings. The number of ether oxygens (including phenoxy) is 6. The van der Waals surface area contributed by atoms with Gasteiger partial charge in [-0.1, -0.05) is 0 Å². The van der Waals surface area contributed by atoms with Gasteiger partial charge in [0.25, 0.3) is 5.79 Å². The zero-order chi connectivity index (χ0) is 12.3. The second kappa shape index (κ2) is 3.63. The Hall–Kier alpha value is -0.240. The maximum absolute atomic E-state index is 5.88. The van der Waals surface area contributed by atoms with Crippen molar-refractivity contribution in [2.24, 2.45) is 0 Å². The summed E-state index contributed by atoms with van der Waals surface area (Å²) in [7, 11) is 3.12. The molecule has 0 aromatic carbocycles. The standard InChI is InChI=1S/C11H18O6/c1-10(2)16-7-6-5-14-11(13-4,8(7)17-10)9(12-3)15-6/h6-9H,5H2,1-4H3/t6-,7+,8-,9-,11+/m1/s1. The highest BCUT2D eigenvalue weighted by atomic mass is 16.8. The first-order valence-electron chi connectivity index (χ1n) is 5.75. The Bertz CT molecular complexity index is 319. The average Bonchev–Trinajstić information content (AvgIpc) is 2.66. The normalized spacial score (nSPS) is 51.5. The van der Waals surface area contributed by atoms with Crippen LogP contribution in [0, 0.1) is 0 Å². The third kappa shape index (κ3) is 1.49. The van der Waals surface area contributed by atoms with E-state index in [2.05, 4.69) is 0 Å². The van der Waals surface area contributed by atoms with E-state index in [1.165, 1.54) is 0 Å². The van der Waals surface area contributed by atoms with Gasteiger partial charge in [-0.15, -0.1) is 0 Å². The summed E-state index contributed by atoms with van der Waals surface area (Å²) in [6.07, 6.45) is -1.28. The molecule has 0 spiro atoms. The molecule has 6 heteroatoms. The van der Waals surface area contributed by atoms with Crippen LogP contribution in [0.15, 0.2) is 0 Å². The minimum absolute atomic E-state index is 0.176. The van der Waals surface area contributed by atoms with E-state index in [-0.39, 0.29) is 18.3 Å². The molecule has 17 heavy (non-hydrogen) atoms. The maximum Gasteiger partial charge on any atom is 0.250 e. The molecule has 0 amide bonds. The lowest BCUT2D eigenvalue weighted by Gasteiger charge is -2.53. The van der Waals surface area contributed by atoms with Crippen molar-refractivity contribution in [2.75, 3.05) is 20.8 Å². The van der Waals surface area contributed by atoms with Gasteiger partial charge < -0.3 is 28.4 Å². The van der Waals surface area contributed by atoms with Crippen LogP contribution in [0.3, 0.4) is 0 Å². The van der Waals surface area contributed by atoms with E-state index in [4.69, 9.17) is 28.4 Å². The van der Waals surface area contributed by atoms with Crippen LogP contribution in [0.25, 0.3) is 0 Å². The zero-order valence-electron chi connectivity index (χ0n) is 10.5. The Morgan fingerprint density at radius 2 is 1.94 bits per heavy atom. The molecule has 0 unspecified atom stereocenters. The maximum atomic E-state index is 5.88. The van der Waals surface area contributed by atoms with E-state index < -0.39 is 17.9 Å². The lowest BCUT2D eigenvalue weighted by atomic mass is 9.92. The summed E-state index contributed by atoms with van der Waals surface area (Å²) in [5, 5.41) is 0. The molecule has 0 radical (unpaired) electrons. The molecule has 4 fully saturated rings. The minimum Gasteiger partial charge on any atom is -0.351 e. The van der Waals surface area contributed by atoms with Gasteiger partial charge in [-0.05, 0) is 13.8 Å². The topological polar surface area (TPSA) is 55.4 Å². The summed E-state index contributed by atoms with van der Waals surface area (Å²) >= 11 is 0. The Morgan fingerprint density at radius 3 is 2.59 bits per heavy atom. The monoisotopic (exact) mass is 246 g/mol. The molecule has 4 rings (SSSR count). The Balaban J connectivity index is 1.96. The molecule has 6 nitrogen and oxygen atoms in total. The molecule has 2 bridgehead atoms. The van der Waals surface area contributed by atoms with Gasteiger partial charge in [-0.3, -0.25) is 0 Å². The van der Waals surface area contributed by atoms with Crippen LogP contribution in [-0.4, -0.2) is 57.0 Å². The predicted molar refractivity (Wildman–Crippen MR) is 55.2 cm³/mol. The molecular formula is C11H18O6. The highest BCUT2D eigenvalue weighted by molar-refractivity contribution is 5.05. The number of hydrogen-bond donors (Lipinski definition) is 0. The largest absolute Gasteiger partial charge is 0.351 e. The average molecular weight is 246 g/mol. The van der Waals surface area contributed by atoms with Crippen LogP contribution >= 0.6 is 0 Å². The first kappa shape index (κ1) is 11.8. The summed E-state index contributed by atoms with van der Waals surface area (Å²) in [6, 6.07) is 0. The Kier molecular flexibility index (Phi) is 2.52. The predicted octanol–water partition coefficient (Wildman–Crippen LogP) is 0.251. The molecule has 0 saturated carbocycles. The SMILES string of the molecule is CO[C@@H]1O[C@@H]2CO[C@@]1(OC)[C@@H]1OC(C)(C)O[C@H]12. The zero-order valence-corrected chi connectivity index (χ0v) is 10.5. The molecule has 0 N–H and O–H groups in total. The lowest BCUT2D eigenvalue weighted by Crippen LogP contribution is -2.73.